The van der Waals surface area contributed by atoms with Crippen molar-refractivity contribution in [3.05, 3.63) is 122 Å². The van der Waals surface area contributed by atoms with E-state index in [0.29, 0.717) is 51.8 Å². The van der Waals surface area contributed by atoms with Crippen molar-refractivity contribution in [3.63, 3.8) is 0 Å². The monoisotopic (exact) mass is 644 g/mol. The highest BCUT2D eigenvalue weighted by atomic mass is 35.5. The maximum absolute atomic E-state index is 12.6. The van der Waals surface area contributed by atoms with Crippen LogP contribution in [0.5, 0.6) is 28.7 Å². The van der Waals surface area contributed by atoms with Crippen LogP contribution < -0.4 is 29.4 Å². The van der Waals surface area contributed by atoms with Crippen LogP contribution in [0.3, 0.4) is 0 Å². The number of benzene rings is 4. The van der Waals surface area contributed by atoms with Crippen LogP contribution in [0.4, 0.5) is 0 Å². The first-order valence-corrected chi connectivity index (χ1v) is 14.9. The molecule has 0 aliphatic carbocycles. The number of esters is 1. The van der Waals surface area contributed by atoms with Crippen LogP contribution in [-0.4, -0.2) is 19.2 Å². The third-order valence-corrected chi connectivity index (χ3v) is 7.95. The molecule has 0 radical (unpaired) electrons. The number of nitrogens with zero attached hydrogens (tertiary/aromatic N) is 1. The molecular weight excluding hydrogens is 615 g/mol. The average molecular weight is 646 g/mol. The number of rotatable bonds is 10. The first-order valence-electron chi connectivity index (χ1n) is 14.1. The quantitative estimate of drug-likeness (QED) is 0.137. The van der Waals surface area contributed by atoms with Crippen LogP contribution in [0, 0.1) is 25.2 Å². The van der Waals surface area contributed by atoms with E-state index in [0.717, 1.165) is 22.3 Å². The lowest BCUT2D eigenvalue weighted by atomic mass is 9.83. The molecule has 8 nitrogen and oxygen atoms in total. The fraction of sp³-hybridized carbons (Fsp3) is 0.200. The molecule has 1 unspecified atom stereocenters. The summed E-state index contributed by atoms with van der Waals surface area (Å²) < 4.78 is 28.9. The smallest absolute Gasteiger partial charge is 0.349 e. The Balaban J connectivity index is 1.36. The van der Waals surface area contributed by atoms with Crippen LogP contribution in [0.2, 0.25) is 10.0 Å². The van der Waals surface area contributed by atoms with Gasteiger partial charge in [0.25, 0.3) is 0 Å². The van der Waals surface area contributed by atoms with Crippen molar-refractivity contribution in [3.8, 4) is 34.8 Å². The normalized spacial score (nSPS) is 13.7. The molecule has 0 fully saturated rings. The second-order valence-electron chi connectivity index (χ2n) is 10.3. The van der Waals surface area contributed by atoms with E-state index in [9.17, 15) is 10.1 Å². The first-order chi connectivity index (χ1) is 21.7. The molecule has 0 saturated carbocycles. The van der Waals surface area contributed by atoms with Crippen molar-refractivity contribution >= 4 is 29.2 Å². The molecule has 45 heavy (non-hydrogen) atoms. The lowest BCUT2D eigenvalue weighted by molar-refractivity contribution is -0.136. The van der Waals surface area contributed by atoms with Crippen LogP contribution in [0.25, 0.3) is 0 Å². The summed E-state index contributed by atoms with van der Waals surface area (Å²) in [6.07, 6.45) is 0. The molecule has 0 saturated heterocycles. The van der Waals surface area contributed by atoms with Crippen LogP contribution in [0.15, 0.2) is 84.3 Å². The zero-order valence-electron chi connectivity index (χ0n) is 24.9. The topological polar surface area (TPSA) is 113 Å². The highest BCUT2D eigenvalue weighted by Gasteiger charge is 2.32. The zero-order valence-corrected chi connectivity index (χ0v) is 26.4. The fourth-order valence-electron chi connectivity index (χ4n) is 4.97. The van der Waals surface area contributed by atoms with E-state index in [1.54, 1.807) is 48.5 Å². The van der Waals surface area contributed by atoms with Gasteiger partial charge in [0.15, 0.2) is 18.1 Å². The van der Waals surface area contributed by atoms with Gasteiger partial charge < -0.3 is 29.4 Å². The summed E-state index contributed by atoms with van der Waals surface area (Å²) >= 11 is 12.2. The second-order valence-corrected chi connectivity index (χ2v) is 11.1. The summed E-state index contributed by atoms with van der Waals surface area (Å²) in [5.74, 6) is 0.953. The van der Waals surface area contributed by atoms with E-state index in [4.69, 9.17) is 52.6 Å². The Bertz CT molecular complexity index is 1790. The van der Waals surface area contributed by atoms with Gasteiger partial charge >= 0.3 is 5.97 Å². The molecule has 0 bridgehead atoms. The molecule has 1 heterocycles. The van der Waals surface area contributed by atoms with E-state index >= 15 is 0 Å². The highest BCUT2D eigenvalue weighted by Crippen LogP contribution is 2.45. The molecule has 0 amide bonds. The number of fused-ring (bicyclic) bond motifs is 1. The number of carbonyl (C=O) groups excluding carboxylic acids is 1. The maximum Gasteiger partial charge on any atom is 0.349 e. The van der Waals surface area contributed by atoms with Crippen molar-refractivity contribution in [2.45, 2.75) is 33.3 Å². The molecule has 5 rings (SSSR count). The lowest BCUT2D eigenvalue weighted by Gasteiger charge is -2.27. The van der Waals surface area contributed by atoms with Crippen LogP contribution in [0.1, 0.15) is 40.7 Å². The highest BCUT2D eigenvalue weighted by molar-refractivity contribution is 6.32. The molecular formula is C35H30Cl2N2O6. The predicted molar refractivity (Wildman–Crippen MR) is 171 cm³/mol. The lowest BCUT2D eigenvalue weighted by Crippen LogP contribution is -2.22. The van der Waals surface area contributed by atoms with Gasteiger partial charge in [-0.3, -0.25) is 0 Å². The molecule has 2 N–H and O–H groups in total. The van der Waals surface area contributed by atoms with Crippen molar-refractivity contribution in [2.75, 3.05) is 13.2 Å². The number of hydrogen-bond donors (Lipinski definition) is 1. The summed E-state index contributed by atoms with van der Waals surface area (Å²) in [6, 6.07) is 23.5. The number of hydrogen-bond acceptors (Lipinski definition) is 8. The van der Waals surface area contributed by atoms with Gasteiger partial charge in [-0.15, -0.1) is 0 Å². The van der Waals surface area contributed by atoms with Crippen LogP contribution >= 0.6 is 23.2 Å². The van der Waals surface area contributed by atoms with E-state index in [1.807, 2.05) is 45.0 Å². The minimum Gasteiger partial charge on any atom is -0.490 e. The SMILES string of the molecule is CCOc1cc(C2C(C#N)=C(N)Oc3cc(OC(=O)COc4cc(C)c(Cl)c(C)c4)ccc32)ccc1OCc1ccc(Cl)cc1. The number of halogens is 2. The van der Waals surface area contributed by atoms with Gasteiger partial charge in [0, 0.05) is 21.7 Å². The van der Waals surface area contributed by atoms with Gasteiger partial charge in [-0.2, -0.15) is 5.26 Å². The third-order valence-electron chi connectivity index (χ3n) is 7.10. The summed E-state index contributed by atoms with van der Waals surface area (Å²) in [4.78, 5) is 12.6. The Labute approximate surface area is 271 Å². The van der Waals surface area contributed by atoms with Gasteiger partial charge in [-0.1, -0.05) is 47.5 Å². The Hall–Kier alpha value is -4.84. The van der Waals surface area contributed by atoms with Gasteiger partial charge in [-0.05, 0) is 85.5 Å². The number of aryl methyl sites for hydroxylation is 2. The van der Waals surface area contributed by atoms with Crippen molar-refractivity contribution in [2.24, 2.45) is 5.73 Å². The van der Waals surface area contributed by atoms with Crippen molar-refractivity contribution in [1.29, 1.82) is 5.26 Å². The number of nitriles is 1. The molecule has 1 atom stereocenters. The number of allylic oxidation sites excluding steroid dienone is 1. The van der Waals surface area contributed by atoms with Crippen LogP contribution in [-0.2, 0) is 11.4 Å². The molecule has 230 valence electrons. The van der Waals surface area contributed by atoms with Gasteiger partial charge in [0.1, 0.15) is 35.5 Å². The summed E-state index contributed by atoms with van der Waals surface area (Å²) in [7, 11) is 0. The van der Waals surface area contributed by atoms with E-state index in [-0.39, 0.29) is 23.8 Å². The third kappa shape index (κ3) is 7.28. The Morgan fingerprint density at radius 1 is 0.911 bits per heavy atom. The Morgan fingerprint density at radius 2 is 1.64 bits per heavy atom. The largest absolute Gasteiger partial charge is 0.490 e. The average Bonchev–Trinajstić information content (AvgIpc) is 3.02. The molecule has 10 heteroatoms. The Kier molecular flexibility index (Phi) is 9.72. The van der Waals surface area contributed by atoms with E-state index < -0.39 is 11.9 Å². The molecule has 0 spiro atoms. The maximum atomic E-state index is 12.6. The molecule has 4 aromatic rings. The summed E-state index contributed by atoms with van der Waals surface area (Å²) in [5.41, 5.74) is 10.5. The minimum absolute atomic E-state index is 0.0451. The Morgan fingerprint density at radius 3 is 2.33 bits per heavy atom. The number of carbonyl (C=O) groups is 1. The van der Waals surface area contributed by atoms with E-state index in [2.05, 4.69) is 6.07 Å². The van der Waals surface area contributed by atoms with Gasteiger partial charge in [0.05, 0.1) is 12.5 Å². The minimum atomic E-state index is -0.607. The summed E-state index contributed by atoms with van der Waals surface area (Å²) in [5, 5.41) is 11.3. The molecule has 1 aliphatic rings. The first kappa shape index (κ1) is 31.6. The molecule has 0 aromatic heterocycles. The van der Waals surface area contributed by atoms with Gasteiger partial charge in [0.2, 0.25) is 5.88 Å². The van der Waals surface area contributed by atoms with Gasteiger partial charge in [-0.25, -0.2) is 4.79 Å². The van der Waals surface area contributed by atoms with Crippen molar-refractivity contribution < 1.29 is 28.5 Å². The van der Waals surface area contributed by atoms with Crippen molar-refractivity contribution in [1.82, 2.24) is 0 Å². The standard InChI is InChI=1S/C35H30Cl2N2O6/c1-4-41-31-15-23(7-12-29(31)43-18-22-5-8-24(36)9-6-22)33-27-11-10-25(16-30(27)45-35(39)28(33)17-38)44-32(40)19-42-26-13-20(2)34(37)21(3)14-26/h5-16,33H,4,18-19,39H2,1-3H3. The fourth-order valence-corrected chi connectivity index (χ4v) is 5.20. The second kappa shape index (κ2) is 13.9. The van der Waals surface area contributed by atoms with E-state index in [1.165, 1.54) is 0 Å². The number of ether oxygens (including phenoxy) is 5. The summed E-state index contributed by atoms with van der Waals surface area (Å²) in [6.45, 7) is 6.02. The zero-order chi connectivity index (χ0) is 32.1. The molecule has 4 aromatic carbocycles. The predicted octanol–water partition coefficient (Wildman–Crippen LogP) is 7.79. The molecule has 1 aliphatic heterocycles. The number of nitrogens with two attached hydrogens (primary N) is 1.